The van der Waals surface area contributed by atoms with E-state index in [1.54, 1.807) is 0 Å². The van der Waals surface area contributed by atoms with Crippen molar-refractivity contribution in [3.8, 4) is 0 Å². The van der Waals surface area contributed by atoms with Crippen LogP contribution in [-0.2, 0) is 22.6 Å². The van der Waals surface area contributed by atoms with Crippen molar-refractivity contribution in [1.82, 2.24) is 10.4 Å². The van der Waals surface area contributed by atoms with Gasteiger partial charge in [-0.25, -0.2) is 10.4 Å². The topological polar surface area (TPSA) is 89.9 Å². The maximum absolute atomic E-state index is 11.2. The number of carboxylic acid groups (broad SMARTS) is 2. The van der Waals surface area contributed by atoms with Crippen LogP contribution in [0, 0.1) is 0 Å². The van der Waals surface area contributed by atoms with Crippen molar-refractivity contribution in [1.29, 1.82) is 0 Å². The monoisotopic (exact) mass is 250 g/mol. The first-order valence-electron chi connectivity index (χ1n) is 5.59. The molecule has 6 heteroatoms. The van der Waals surface area contributed by atoms with Crippen LogP contribution in [0.2, 0.25) is 0 Å². The normalized spacial score (nSPS) is 19.2. The Balaban J connectivity index is 2.17. The fourth-order valence-corrected chi connectivity index (χ4v) is 2.08. The molecular weight excluding hydrogens is 236 g/mol. The Bertz CT molecular complexity index is 475. The number of hydrazine groups is 1. The minimum atomic E-state index is -1.02. The zero-order chi connectivity index (χ0) is 13.1. The number of carbonyl (C=O) groups is 2. The Kier molecular flexibility index (Phi) is 3.59. The van der Waals surface area contributed by atoms with Crippen LogP contribution in [0.5, 0.6) is 0 Å². The minimum Gasteiger partial charge on any atom is -0.480 e. The van der Waals surface area contributed by atoms with Gasteiger partial charge in [0, 0.05) is 13.0 Å². The van der Waals surface area contributed by atoms with E-state index in [1.165, 1.54) is 5.01 Å². The highest BCUT2D eigenvalue weighted by Crippen LogP contribution is 2.21. The summed E-state index contributed by atoms with van der Waals surface area (Å²) in [6, 6.07) is 6.84. The summed E-state index contributed by atoms with van der Waals surface area (Å²) in [4.78, 5) is 21.7. The standard InChI is InChI=1S/C12H14N2O4/c15-11(16)6-13-14-7-9-4-2-1-3-8(9)5-10(14)12(17)18/h1-4,10,13H,5-7H2,(H,15,16)(H,17,18). The zero-order valence-electron chi connectivity index (χ0n) is 9.67. The summed E-state index contributed by atoms with van der Waals surface area (Å²) in [5.41, 5.74) is 4.67. The molecular formula is C12H14N2O4. The van der Waals surface area contributed by atoms with Crippen LogP contribution in [0.15, 0.2) is 24.3 Å². The van der Waals surface area contributed by atoms with E-state index in [9.17, 15) is 14.7 Å². The molecule has 0 aromatic heterocycles. The van der Waals surface area contributed by atoms with Crippen LogP contribution < -0.4 is 5.43 Å². The second-order valence-electron chi connectivity index (χ2n) is 4.18. The summed E-state index contributed by atoms with van der Waals surface area (Å²) < 4.78 is 0. The summed E-state index contributed by atoms with van der Waals surface area (Å²) >= 11 is 0. The Labute approximate surface area is 104 Å². The van der Waals surface area contributed by atoms with Gasteiger partial charge in [-0.15, -0.1) is 0 Å². The average molecular weight is 250 g/mol. The lowest BCUT2D eigenvalue weighted by Crippen LogP contribution is -2.53. The third-order valence-corrected chi connectivity index (χ3v) is 2.97. The number of fused-ring (bicyclic) bond motifs is 1. The van der Waals surface area contributed by atoms with Gasteiger partial charge in [-0.05, 0) is 11.1 Å². The molecule has 96 valence electrons. The van der Waals surface area contributed by atoms with Gasteiger partial charge in [-0.1, -0.05) is 24.3 Å². The number of nitrogens with one attached hydrogen (secondary N) is 1. The maximum Gasteiger partial charge on any atom is 0.322 e. The molecule has 1 heterocycles. The van der Waals surface area contributed by atoms with Gasteiger partial charge in [0.1, 0.15) is 12.6 Å². The molecule has 1 aliphatic rings. The van der Waals surface area contributed by atoms with Crippen LogP contribution >= 0.6 is 0 Å². The molecule has 18 heavy (non-hydrogen) atoms. The smallest absolute Gasteiger partial charge is 0.322 e. The summed E-state index contributed by atoms with van der Waals surface area (Å²) in [6.07, 6.45) is 0.373. The molecule has 1 aromatic carbocycles. The molecule has 6 nitrogen and oxygen atoms in total. The van der Waals surface area contributed by atoms with Gasteiger partial charge in [0.25, 0.3) is 0 Å². The van der Waals surface area contributed by atoms with Crippen molar-refractivity contribution in [3.05, 3.63) is 35.4 Å². The first-order valence-corrected chi connectivity index (χ1v) is 5.59. The quantitative estimate of drug-likeness (QED) is 0.701. The number of hydrogen-bond acceptors (Lipinski definition) is 4. The molecule has 1 atom stereocenters. The molecule has 0 bridgehead atoms. The van der Waals surface area contributed by atoms with Crippen LogP contribution in [-0.4, -0.2) is 39.7 Å². The fourth-order valence-electron chi connectivity index (χ4n) is 2.08. The highest BCUT2D eigenvalue weighted by atomic mass is 16.4. The van der Waals surface area contributed by atoms with Crippen LogP contribution in [0.3, 0.4) is 0 Å². The molecule has 1 aliphatic heterocycles. The largest absolute Gasteiger partial charge is 0.480 e. The molecule has 0 aliphatic carbocycles. The summed E-state index contributed by atoms with van der Waals surface area (Å²) in [6.45, 7) is 0.104. The SMILES string of the molecule is O=C(O)CNN1Cc2ccccc2CC1C(=O)O. The maximum atomic E-state index is 11.2. The molecule has 2 rings (SSSR count). The van der Waals surface area contributed by atoms with Crippen molar-refractivity contribution in [2.45, 2.75) is 19.0 Å². The third kappa shape index (κ3) is 2.66. The van der Waals surface area contributed by atoms with E-state index in [0.29, 0.717) is 13.0 Å². The van der Waals surface area contributed by atoms with E-state index in [0.717, 1.165) is 11.1 Å². The van der Waals surface area contributed by atoms with Gasteiger partial charge in [0.15, 0.2) is 0 Å². The van der Waals surface area contributed by atoms with E-state index in [-0.39, 0.29) is 6.54 Å². The molecule has 0 amide bonds. The fraction of sp³-hybridized carbons (Fsp3) is 0.333. The van der Waals surface area contributed by atoms with Gasteiger partial charge in [-0.2, -0.15) is 0 Å². The summed E-state index contributed by atoms with van der Waals surface area (Å²) in [5, 5.41) is 19.3. The average Bonchev–Trinajstić information content (AvgIpc) is 2.35. The first kappa shape index (κ1) is 12.5. The molecule has 1 unspecified atom stereocenters. The summed E-state index contributed by atoms with van der Waals surface area (Å²) in [5.74, 6) is -1.97. The number of hydrogen-bond donors (Lipinski definition) is 3. The Hall–Kier alpha value is -1.92. The second-order valence-corrected chi connectivity index (χ2v) is 4.18. The van der Waals surface area contributed by atoms with Crippen LogP contribution in [0.1, 0.15) is 11.1 Å². The Morgan fingerprint density at radius 1 is 1.28 bits per heavy atom. The number of rotatable bonds is 4. The molecule has 1 aromatic rings. The minimum absolute atomic E-state index is 0.286. The van der Waals surface area contributed by atoms with E-state index in [2.05, 4.69) is 5.43 Å². The van der Waals surface area contributed by atoms with Crippen molar-refractivity contribution in [3.63, 3.8) is 0 Å². The van der Waals surface area contributed by atoms with Crippen molar-refractivity contribution in [2.24, 2.45) is 0 Å². The molecule has 0 radical (unpaired) electrons. The lowest BCUT2D eigenvalue weighted by molar-refractivity contribution is -0.147. The van der Waals surface area contributed by atoms with Crippen LogP contribution in [0.25, 0.3) is 0 Å². The van der Waals surface area contributed by atoms with Gasteiger partial charge < -0.3 is 10.2 Å². The van der Waals surface area contributed by atoms with Gasteiger partial charge in [0.05, 0.1) is 0 Å². The highest BCUT2D eigenvalue weighted by molar-refractivity contribution is 5.74. The van der Waals surface area contributed by atoms with E-state index in [4.69, 9.17) is 5.11 Å². The Morgan fingerprint density at radius 2 is 1.94 bits per heavy atom. The van der Waals surface area contributed by atoms with E-state index in [1.807, 2.05) is 24.3 Å². The summed E-state index contributed by atoms with van der Waals surface area (Å²) in [7, 11) is 0. The number of benzene rings is 1. The van der Waals surface area contributed by atoms with Gasteiger partial charge in [0.2, 0.25) is 0 Å². The molecule has 0 fully saturated rings. The predicted molar refractivity (Wildman–Crippen MR) is 62.8 cm³/mol. The number of nitrogens with zero attached hydrogens (tertiary/aromatic N) is 1. The molecule has 0 spiro atoms. The van der Waals surface area contributed by atoms with Crippen molar-refractivity contribution >= 4 is 11.9 Å². The molecule has 0 saturated carbocycles. The number of carboxylic acids is 2. The van der Waals surface area contributed by atoms with E-state index < -0.39 is 18.0 Å². The lowest BCUT2D eigenvalue weighted by atomic mass is 9.95. The molecule has 3 N–H and O–H groups in total. The van der Waals surface area contributed by atoms with Gasteiger partial charge in [-0.3, -0.25) is 9.59 Å². The Morgan fingerprint density at radius 3 is 2.56 bits per heavy atom. The van der Waals surface area contributed by atoms with Gasteiger partial charge >= 0.3 is 11.9 Å². The first-order chi connectivity index (χ1) is 8.58. The van der Waals surface area contributed by atoms with Crippen molar-refractivity contribution in [2.75, 3.05) is 6.54 Å². The number of aliphatic carboxylic acids is 2. The van der Waals surface area contributed by atoms with Crippen molar-refractivity contribution < 1.29 is 19.8 Å². The van der Waals surface area contributed by atoms with Crippen LogP contribution in [0.4, 0.5) is 0 Å². The predicted octanol–water partition coefficient (Wildman–Crippen LogP) is 0.0871. The lowest BCUT2D eigenvalue weighted by Gasteiger charge is -2.34. The second kappa shape index (κ2) is 5.16. The highest BCUT2D eigenvalue weighted by Gasteiger charge is 2.31. The zero-order valence-corrected chi connectivity index (χ0v) is 9.67. The third-order valence-electron chi connectivity index (χ3n) is 2.97. The van der Waals surface area contributed by atoms with E-state index >= 15 is 0 Å². The molecule has 0 saturated heterocycles.